The van der Waals surface area contributed by atoms with E-state index in [0.717, 1.165) is 27.8 Å². The molecule has 1 aromatic heterocycles. The molecule has 3 heteroatoms. The van der Waals surface area contributed by atoms with Gasteiger partial charge in [0, 0.05) is 18.3 Å². The average molecular weight is 408 g/mol. The molecule has 0 bridgehead atoms. The molecule has 0 aliphatic carbocycles. The van der Waals surface area contributed by atoms with Crippen LogP contribution in [0, 0.1) is 0 Å². The van der Waals surface area contributed by atoms with Crippen molar-refractivity contribution in [2.45, 2.75) is 13.0 Å². The third-order valence-electron chi connectivity index (χ3n) is 5.24. The number of esters is 1. The Morgan fingerprint density at radius 2 is 1.48 bits per heavy atom. The molecule has 0 aliphatic rings. The first kappa shape index (κ1) is 20.4. The van der Waals surface area contributed by atoms with Crippen LogP contribution in [0.2, 0.25) is 0 Å². The van der Waals surface area contributed by atoms with E-state index in [1.165, 1.54) is 7.11 Å². The minimum Gasteiger partial charge on any atom is -0.464 e. The Kier molecular flexibility index (Phi) is 6.44. The van der Waals surface area contributed by atoms with E-state index in [9.17, 15) is 4.79 Å². The monoisotopic (exact) mass is 407 g/mol. The smallest absolute Gasteiger partial charge is 0.355 e. The van der Waals surface area contributed by atoms with Crippen LogP contribution in [0.3, 0.4) is 0 Å². The highest BCUT2D eigenvalue weighted by atomic mass is 16.5. The predicted molar refractivity (Wildman–Crippen MR) is 126 cm³/mol. The maximum atomic E-state index is 12.9. The molecule has 0 atom stereocenters. The van der Waals surface area contributed by atoms with Crippen molar-refractivity contribution in [3.8, 4) is 11.1 Å². The fourth-order valence-electron chi connectivity index (χ4n) is 3.80. The number of ether oxygens (including phenoxy) is 1. The summed E-state index contributed by atoms with van der Waals surface area (Å²) in [4.78, 5) is 12.9. The maximum Gasteiger partial charge on any atom is 0.355 e. The molecular formula is C28H25NO2. The molecule has 4 aromatic rings. The zero-order chi connectivity index (χ0) is 21.5. The van der Waals surface area contributed by atoms with E-state index in [1.807, 2.05) is 71.3 Å². The van der Waals surface area contributed by atoms with Gasteiger partial charge in [0.2, 0.25) is 0 Å². The van der Waals surface area contributed by atoms with E-state index in [2.05, 4.69) is 42.6 Å². The Balaban J connectivity index is 1.78. The number of benzene rings is 3. The molecule has 0 N–H and O–H groups in total. The highest BCUT2D eigenvalue weighted by molar-refractivity contribution is 5.97. The van der Waals surface area contributed by atoms with Crippen LogP contribution in [0.15, 0.2) is 103 Å². The lowest BCUT2D eigenvalue weighted by Crippen LogP contribution is -2.12. The highest BCUT2D eigenvalue weighted by Crippen LogP contribution is 2.31. The largest absolute Gasteiger partial charge is 0.464 e. The van der Waals surface area contributed by atoms with E-state index < -0.39 is 0 Å². The van der Waals surface area contributed by atoms with Crippen molar-refractivity contribution in [1.29, 1.82) is 0 Å². The average Bonchev–Trinajstić information content (AvgIpc) is 3.18. The van der Waals surface area contributed by atoms with Gasteiger partial charge in [-0.05, 0) is 28.7 Å². The first-order valence-electron chi connectivity index (χ1n) is 10.4. The Morgan fingerprint density at radius 3 is 2.13 bits per heavy atom. The Bertz CT molecular complexity index is 1160. The first-order chi connectivity index (χ1) is 15.3. The normalized spacial score (nSPS) is 11.0. The summed E-state index contributed by atoms with van der Waals surface area (Å²) in [6.07, 6.45) is 7.05. The molecule has 31 heavy (non-hydrogen) atoms. The fraction of sp³-hybridized carbons (Fsp3) is 0.107. The van der Waals surface area contributed by atoms with E-state index in [1.54, 1.807) is 0 Å². The van der Waals surface area contributed by atoms with Crippen LogP contribution in [0.4, 0.5) is 0 Å². The summed E-state index contributed by atoms with van der Waals surface area (Å²) in [7, 11) is 1.44. The second-order valence-electron chi connectivity index (χ2n) is 7.37. The lowest BCUT2D eigenvalue weighted by molar-refractivity contribution is 0.0590. The maximum absolute atomic E-state index is 12.9. The van der Waals surface area contributed by atoms with E-state index >= 15 is 0 Å². The number of allylic oxidation sites excluding steroid dienone is 1. The van der Waals surface area contributed by atoms with Crippen LogP contribution >= 0.6 is 0 Å². The van der Waals surface area contributed by atoms with Gasteiger partial charge in [-0.2, -0.15) is 0 Å². The standard InChI is InChI=1S/C28H25NO2/c1-31-28(30)27-26(24-17-9-4-10-18-24)25(19-11-16-22-12-5-2-6-13-22)21-29(27)20-23-14-7-3-8-15-23/h2-18,21H,19-20H2,1H3/b16-11+. The third kappa shape index (κ3) is 4.84. The molecular weight excluding hydrogens is 382 g/mol. The van der Waals surface area contributed by atoms with Crippen molar-refractivity contribution in [3.05, 3.63) is 126 Å². The second kappa shape index (κ2) is 9.77. The minimum atomic E-state index is -0.326. The molecule has 0 radical (unpaired) electrons. The van der Waals surface area contributed by atoms with Gasteiger partial charge >= 0.3 is 5.97 Å². The molecule has 0 saturated carbocycles. The second-order valence-corrected chi connectivity index (χ2v) is 7.37. The van der Waals surface area contributed by atoms with Crippen LogP contribution in [0.1, 0.15) is 27.2 Å². The van der Waals surface area contributed by atoms with Gasteiger partial charge in [-0.1, -0.05) is 103 Å². The van der Waals surface area contributed by atoms with Gasteiger partial charge < -0.3 is 9.30 Å². The molecule has 0 saturated heterocycles. The summed E-state index contributed by atoms with van der Waals surface area (Å²) in [6.45, 7) is 0.605. The van der Waals surface area contributed by atoms with Gasteiger partial charge in [-0.25, -0.2) is 4.79 Å². The Hall–Kier alpha value is -3.85. The van der Waals surface area contributed by atoms with E-state index in [-0.39, 0.29) is 5.97 Å². The summed E-state index contributed by atoms with van der Waals surface area (Å²) in [6, 6.07) is 30.4. The molecule has 154 valence electrons. The summed E-state index contributed by atoms with van der Waals surface area (Å²) in [5.41, 5.74) is 5.91. The third-order valence-corrected chi connectivity index (χ3v) is 5.24. The summed E-state index contributed by atoms with van der Waals surface area (Å²) in [5, 5.41) is 0. The molecule has 0 aliphatic heterocycles. The van der Waals surface area contributed by atoms with Crippen molar-refractivity contribution in [2.75, 3.05) is 7.11 Å². The zero-order valence-electron chi connectivity index (χ0n) is 17.6. The number of carbonyl (C=O) groups excluding carboxylic acids is 1. The van der Waals surface area contributed by atoms with Gasteiger partial charge in [0.25, 0.3) is 0 Å². The lowest BCUT2D eigenvalue weighted by atomic mass is 9.99. The van der Waals surface area contributed by atoms with Gasteiger partial charge in [-0.3, -0.25) is 0 Å². The number of hydrogen-bond donors (Lipinski definition) is 0. The van der Waals surface area contributed by atoms with E-state index in [0.29, 0.717) is 18.7 Å². The van der Waals surface area contributed by atoms with Crippen molar-refractivity contribution in [1.82, 2.24) is 4.57 Å². The molecule has 1 heterocycles. The van der Waals surface area contributed by atoms with Gasteiger partial charge in [0.1, 0.15) is 5.69 Å². The fourth-order valence-corrected chi connectivity index (χ4v) is 3.80. The van der Waals surface area contributed by atoms with Crippen molar-refractivity contribution < 1.29 is 9.53 Å². The quantitative estimate of drug-likeness (QED) is 0.339. The summed E-state index contributed by atoms with van der Waals surface area (Å²) < 4.78 is 7.20. The summed E-state index contributed by atoms with van der Waals surface area (Å²) in [5.74, 6) is -0.326. The molecule has 3 aromatic carbocycles. The molecule has 0 spiro atoms. The number of carbonyl (C=O) groups is 1. The number of rotatable bonds is 7. The van der Waals surface area contributed by atoms with Gasteiger partial charge in [-0.15, -0.1) is 0 Å². The van der Waals surface area contributed by atoms with Crippen LogP contribution in [0.5, 0.6) is 0 Å². The topological polar surface area (TPSA) is 31.2 Å². The molecule has 0 unspecified atom stereocenters. The van der Waals surface area contributed by atoms with Crippen molar-refractivity contribution in [2.24, 2.45) is 0 Å². The molecule has 0 amide bonds. The van der Waals surface area contributed by atoms with E-state index in [4.69, 9.17) is 4.74 Å². The molecule has 4 rings (SSSR count). The minimum absolute atomic E-state index is 0.326. The Labute approximate surface area is 183 Å². The Morgan fingerprint density at radius 1 is 0.871 bits per heavy atom. The predicted octanol–water partition coefficient (Wildman–Crippen LogP) is 6.25. The number of nitrogens with zero attached hydrogens (tertiary/aromatic N) is 1. The van der Waals surface area contributed by atoms with Gasteiger partial charge in [0.15, 0.2) is 0 Å². The van der Waals surface area contributed by atoms with Gasteiger partial charge in [0.05, 0.1) is 7.11 Å². The SMILES string of the molecule is COC(=O)c1c(-c2ccccc2)c(C/C=C/c2ccccc2)cn1Cc1ccccc1. The van der Waals surface area contributed by atoms with Crippen molar-refractivity contribution in [3.63, 3.8) is 0 Å². The zero-order valence-corrected chi connectivity index (χ0v) is 17.6. The first-order valence-corrected chi connectivity index (χ1v) is 10.4. The lowest BCUT2D eigenvalue weighted by Gasteiger charge is -2.10. The number of aromatic nitrogens is 1. The van der Waals surface area contributed by atoms with Crippen LogP contribution in [-0.4, -0.2) is 17.6 Å². The number of hydrogen-bond acceptors (Lipinski definition) is 2. The van der Waals surface area contributed by atoms with Crippen LogP contribution in [0.25, 0.3) is 17.2 Å². The highest BCUT2D eigenvalue weighted by Gasteiger charge is 2.23. The summed E-state index contributed by atoms with van der Waals surface area (Å²) >= 11 is 0. The molecule has 0 fully saturated rings. The van der Waals surface area contributed by atoms with Crippen LogP contribution < -0.4 is 0 Å². The number of methoxy groups -OCH3 is 1. The van der Waals surface area contributed by atoms with Crippen LogP contribution in [-0.2, 0) is 17.7 Å². The van der Waals surface area contributed by atoms with Crippen molar-refractivity contribution >= 4 is 12.0 Å². The molecule has 3 nitrogen and oxygen atoms in total.